The van der Waals surface area contributed by atoms with Crippen molar-refractivity contribution in [3.05, 3.63) is 29.3 Å². The Morgan fingerprint density at radius 3 is 2.53 bits per heavy atom. The van der Waals surface area contributed by atoms with Gasteiger partial charge in [0, 0.05) is 5.56 Å². The van der Waals surface area contributed by atoms with Crippen molar-refractivity contribution in [2.45, 2.75) is 32.5 Å². The average molecular weight is 248 g/mol. The molecule has 0 aliphatic heterocycles. The van der Waals surface area contributed by atoms with Crippen molar-refractivity contribution in [1.29, 1.82) is 0 Å². The zero-order valence-corrected chi connectivity index (χ0v) is 9.71. The van der Waals surface area contributed by atoms with E-state index in [9.17, 15) is 18.3 Å². The maximum absolute atomic E-state index is 12.0. The van der Waals surface area contributed by atoms with Crippen LogP contribution < -0.4 is 4.74 Å². The van der Waals surface area contributed by atoms with Gasteiger partial charge in [-0.05, 0) is 25.5 Å². The summed E-state index contributed by atoms with van der Waals surface area (Å²) < 4.78 is 41.0. The van der Waals surface area contributed by atoms with Crippen LogP contribution in [-0.2, 0) is 0 Å². The molecule has 0 amide bonds. The topological polar surface area (TPSA) is 29.5 Å². The van der Waals surface area contributed by atoms with Gasteiger partial charge in [0.05, 0.1) is 19.1 Å². The van der Waals surface area contributed by atoms with Gasteiger partial charge in [-0.25, -0.2) is 0 Å². The van der Waals surface area contributed by atoms with Crippen molar-refractivity contribution in [1.82, 2.24) is 0 Å². The van der Waals surface area contributed by atoms with Crippen molar-refractivity contribution in [2.24, 2.45) is 0 Å². The van der Waals surface area contributed by atoms with E-state index in [4.69, 9.17) is 4.74 Å². The van der Waals surface area contributed by atoms with E-state index in [0.717, 1.165) is 5.56 Å². The molecule has 0 bridgehead atoms. The SMILES string of the molecule is Cc1ccc([C@H](C)O)c(OCCC(F)(F)F)c1. The van der Waals surface area contributed by atoms with Crippen LogP contribution in [0.4, 0.5) is 13.2 Å². The van der Waals surface area contributed by atoms with Gasteiger partial charge in [0.15, 0.2) is 0 Å². The van der Waals surface area contributed by atoms with E-state index in [2.05, 4.69) is 0 Å². The summed E-state index contributed by atoms with van der Waals surface area (Å²) >= 11 is 0. The van der Waals surface area contributed by atoms with Crippen LogP contribution in [0, 0.1) is 6.92 Å². The summed E-state index contributed by atoms with van der Waals surface area (Å²) in [6.45, 7) is 2.91. The fourth-order valence-corrected chi connectivity index (χ4v) is 1.39. The summed E-state index contributed by atoms with van der Waals surface area (Å²) in [5.41, 5.74) is 1.37. The molecule has 0 aromatic heterocycles. The van der Waals surface area contributed by atoms with Crippen molar-refractivity contribution in [3.63, 3.8) is 0 Å². The van der Waals surface area contributed by atoms with Crippen LogP contribution in [0.5, 0.6) is 5.75 Å². The third-order valence-electron chi connectivity index (χ3n) is 2.26. The Morgan fingerprint density at radius 2 is 2.00 bits per heavy atom. The normalized spacial score (nSPS) is 13.5. The van der Waals surface area contributed by atoms with Crippen molar-refractivity contribution >= 4 is 0 Å². The van der Waals surface area contributed by atoms with Gasteiger partial charge in [0.25, 0.3) is 0 Å². The van der Waals surface area contributed by atoms with Crippen molar-refractivity contribution in [3.8, 4) is 5.75 Å². The van der Waals surface area contributed by atoms with Gasteiger partial charge < -0.3 is 9.84 Å². The van der Waals surface area contributed by atoms with Crippen LogP contribution in [0.3, 0.4) is 0 Å². The number of benzene rings is 1. The molecule has 1 aromatic carbocycles. The Bertz CT molecular complexity index is 373. The van der Waals surface area contributed by atoms with Crippen LogP contribution in [-0.4, -0.2) is 17.9 Å². The predicted molar refractivity (Wildman–Crippen MR) is 58.0 cm³/mol. The molecule has 0 spiro atoms. The molecule has 0 saturated carbocycles. The lowest BCUT2D eigenvalue weighted by atomic mass is 10.1. The third-order valence-corrected chi connectivity index (χ3v) is 2.26. The Balaban J connectivity index is 2.72. The van der Waals surface area contributed by atoms with Crippen LogP contribution in [0.25, 0.3) is 0 Å². The molecule has 1 N–H and O–H groups in total. The first-order valence-corrected chi connectivity index (χ1v) is 5.28. The molecule has 1 aromatic rings. The van der Waals surface area contributed by atoms with Gasteiger partial charge in [0.1, 0.15) is 5.75 Å². The fraction of sp³-hybridized carbons (Fsp3) is 0.500. The van der Waals surface area contributed by atoms with Gasteiger partial charge >= 0.3 is 6.18 Å². The lowest BCUT2D eigenvalue weighted by Gasteiger charge is -2.14. The number of aryl methyl sites for hydroxylation is 1. The highest BCUT2D eigenvalue weighted by molar-refractivity contribution is 5.38. The molecule has 0 saturated heterocycles. The second-order valence-corrected chi connectivity index (χ2v) is 3.93. The van der Waals surface area contributed by atoms with Gasteiger partial charge in [-0.3, -0.25) is 0 Å². The Labute approximate surface area is 98.0 Å². The molecule has 2 nitrogen and oxygen atoms in total. The number of aliphatic hydroxyl groups is 1. The number of alkyl halides is 3. The van der Waals surface area contributed by atoms with E-state index >= 15 is 0 Å². The predicted octanol–water partition coefficient (Wildman–Crippen LogP) is 3.38. The summed E-state index contributed by atoms with van der Waals surface area (Å²) in [6, 6.07) is 5.06. The standard InChI is InChI=1S/C12H15F3O2/c1-8-3-4-10(9(2)16)11(7-8)17-6-5-12(13,14)15/h3-4,7,9,16H,5-6H2,1-2H3/t9-/m0/s1. The molecule has 96 valence electrons. The van der Waals surface area contributed by atoms with Crippen molar-refractivity contribution in [2.75, 3.05) is 6.61 Å². The smallest absolute Gasteiger partial charge is 0.392 e. The maximum atomic E-state index is 12.0. The molecule has 1 atom stereocenters. The van der Waals surface area contributed by atoms with E-state index in [1.807, 2.05) is 6.92 Å². The number of hydrogen-bond donors (Lipinski definition) is 1. The van der Waals surface area contributed by atoms with E-state index in [1.165, 1.54) is 0 Å². The molecule has 0 heterocycles. The Morgan fingerprint density at radius 1 is 1.35 bits per heavy atom. The maximum Gasteiger partial charge on any atom is 0.392 e. The molecular weight excluding hydrogens is 233 g/mol. The molecule has 0 fully saturated rings. The Hall–Kier alpha value is -1.23. The summed E-state index contributed by atoms with van der Waals surface area (Å²) in [5.74, 6) is 0.309. The zero-order chi connectivity index (χ0) is 13.1. The lowest BCUT2D eigenvalue weighted by molar-refractivity contribution is -0.139. The Kier molecular flexibility index (Phi) is 4.40. The number of ether oxygens (including phenoxy) is 1. The first kappa shape index (κ1) is 13.8. The second-order valence-electron chi connectivity index (χ2n) is 3.93. The quantitative estimate of drug-likeness (QED) is 0.885. The minimum Gasteiger partial charge on any atom is -0.493 e. The summed E-state index contributed by atoms with van der Waals surface area (Å²) in [4.78, 5) is 0. The molecule has 0 aliphatic rings. The lowest BCUT2D eigenvalue weighted by Crippen LogP contribution is -2.13. The van der Waals surface area contributed by atoms with Gasteiger partial charge in [-0.2, -0.15) is 13.2 Å². The molecule has 17 heavy (non-hydrogen) atoms. The fourth-order valence-electron chi connectivity index (χ4n) is 1.39. The van der Waals surface area contributed by atoms with Gasteiger partial charge in [-0.15, -0.1) is 0 Å². The number of halogens is 3. The minimum atomic E-state index is -4.23. The molecule has 5 heteroatoms. The van der Waals surface area contributed by atoms with E-state index < -0.39 is 25.3 Å². The monoisotopic (exact) mass is 248 g/mol. The molecule has 0 aliphatic carbocycles. The minimum absolute atomic E-state index is 0.309. The third kappa shape index (κ3) is 4.65. The van der Waals surface area contributed by atoms with Crippen LogP contribution in [0.1, 0.15) is 30.6 Å². The van der Waals surface area contributed by atoms with E-state index in [0.29, 0.717) is 11.3 Å². The highest BCUT2D eigenvalue weighted by Gasteiger charge is 2.27. The van der Waals surface area contributed by atoms with Gasteiger partial charge in [-0.1, -0.05) is 12.1 Å². The van der Waals surface area contributed by atoms with Crippen molar-refractivity contribution < 1.29 is 23.0 Å². The van der Waals surface area contributed by atoms with E-state index in [1.54, 1.807) is 25.1 Å². The largest absolute Gasteiger partial charge is 0.493 e. The number of hydrogen-bond acceptors (Lipinski definition) is 2. The molecule has 0 unspecified atom stereocenters. The second kappa shape index (κ2) is 5.40. The summed E-state index contributed by atoms with van der Waals surface area (Å²) in [5, 5.41) is 9.45. The molecular formula is C12H15F3O2. The van der Waals surface area contributed by atoms with E-state index in [-0.39, 0.29) is 0 Å². The molecule has 0 radical (unpaired) electrons. The first-order valence-electron chi connectivity index (χ1n) is 5.28. The zero-order valence-electron chi connectivity index (χ0n) is 9.71. The average Bonchev–Trinajstić information content (AvgIpc) is 2.15. The highest BCUT2D eigenvalue weighted by Crippen LogP contribution is 2.27. The van der Waals surface area contributed by atoms with Gasteiger partial charge in [0.2, 0.25) is 0 Å². The summed E-state index contributed by atoms with van der Waals surface area (Å²) in [7, 11) is 0. The van der Waals surface area contributed by atoms with Crippen LogP contribution in [0.2, 0.25) is 0 Å². The number of rotatable bonds is 4. The number of aliphatic hydroxyl groups excluding tert-OH is 1. The summed E-state index contributed by atoms with van der Waals surface area (Å²) in [6.07, 6.45) is -5.99. The van der Waals surface area contributed by atoms with Crippen LogP contribution in [0.15, 0.2) is 18.2 Å². The van der Waals surface area contributed by atoms with Crippen LogP contribution >= 0.6 is 0 Å². The first-order chi connectivity index (χ1) is 7.79. The molecule has 1 rings (SSSR count). The highest BCUT2D eigenvalue weighted by atomic mass is 19.4.